The summed E-state index contributed by atoms with van der Waals surface area (Å²) in [6.45, 7) is 3.76. The molecule has 0 unspecified atom stereocenters. The molecule has 1 amide bonds. The number of aryl methyl sites for hydroxylation is 2. The monoisotopic (exact) mass is 338 g/mol. The van der Waals surface area contributed by atoms with Gasteiger partial charge in [-0.05, 0) is 59.6 Å². The zero-order chi connectivity index (χ0) is 14.0. The number of hydrogen-bond donors (Lipinski definition) is 1. The Morgan fingerprint density at radius 1 is 1.26 bits per heavy atom. The van der Waals surface area contributed by atoms with Crippen LogP contribution in [0, 0.1) is 13.8 Å². The van der Waals surface area contributed by atoms with E-state index in [1.165, 1.54) is 0 Å². The fraction of sp³-hybridized carbons (Fsp3) is 0.143. The quantitative estimate of drug-likeness (QED) is 0.826. The molecule has 0 bridgehead atoms. The molecule has 0 saturated carbocycles. The Labute approximate surface area is 125 Å². The summed E-state index contributed by atoms with van der Waals surface area (Å²) in [5.41, 5.74) is 3.00. The maximum absolute atomic E-state index is 12.2. The standard InChI is InChI=1S/C14H12BrClN2O/c1-8-3-4-11(15)12(5-8)18-14(19)10-6-9(2)17-13(16)7-10/h3-7H,1-2H3,(H,18,19). The Hall–Kier alpha value is -1.39. The van der Waals surface area contributed by atoms with Crippen molar-refractivity contribution in [3.8, 4) is 0 Å². The van der Waals surface area contributed by atoms with Gasteiger partial charge < -0.3 is 5.32 Å². The molecule has 0 aliphatic heterocycles. The van der Waals surface area contributed by atoms with Crippen LogP contribution in [0.4, 0.5) is 5.69 Å². The molecule has 19 heavy (non-hydrogen) atoms. The third kappa shape index (κ3) is 3.55. The third-order valence-electron chi connectivity index (χ3n) is 2.55. The van der Waals surface area contributed by atoms with Crippen LogP contribution in [-0.2, 0) is 0 Å². The first-order valence-corrected chi connectivity index (χ1v) is 6.84. The minimum atomic E-state index is -0.210. The topological polar surface area (TPSA) is 42.0 Å². The minimum Gasteiger partial charge on any atom is -0.321 e. The molecular weight excluding hydrogens is 328 g/mol. The van der Waals surface area contributed by atoms with Crippen molar-refractivity contribution in [3.05, 3.63) is 56.8 Å². The van der Waals surface area contributed by atoms with Crippen LogP contribution >= 0.6 is 27.5 Å². The smallest absolute Gasteiger partial charge is 0.255 e. The van der Waals surface area contributed by atoms with Gasteiger partial charge in [-0.1, -0.05) is 17.7 Å². The van der Waals surface area contributed by atoms with Gasteiger partial charge in [-0.3, -0.25) is 4.79 Å². The number of carbonyl (C=O) groups excluding carboxylic acids is 1. The normalized spacial score (nSPS) is 10.3. The first-order chi connectivity index (χ1) is 8.95. The second-order valence-corrected chi connectivity index (χ2v) is 5.50. The van der Waals surface area contributed by atoms with Crippen molar-refractivity contribution in [2.75, 3.05) is 5.32 Å². The number of hydrogen-bond acceptors (Lipinski definition) is 2. The van der Waals surface area contributed by atoms with E-state index >= 15 is 0 Å². The van der Waals surface area contributed by atoms with E-state index in [4.69, 9.17) is 11.6 Å². The largest absolute Gasteiger partial charge is 0.321 e. The molecule has 0 saturated heterocycles. The van der Waals surface area contributed by atoms with Crippen LogP contribution in [0.15, 0.2) is 34.8 Å². The lowest BCUT2D eigenvalue weighted by atomic mass is 10.2. The average Bonchev–Trinajstić information content (AvgIpc) is 2.32. The molecule has 0 aliphatic carbocycles. The van der Waals surface area contributed by atoms with Gasteiger partial charge in [0.05, 0.1) is 5.69 Å². The molecule has 1 heterocycles. The van der Waals surface area contributed by atoms with Gasteiger partial charge in [0, 0.05) is 15.7 Å². The Kier molecular flexibility index (Phi) is 4.22. The van der Waals surface area contributed by atoms with Crippen LogP contribution in [0.3, 0.4) is 0 Å². The maximum Gasteiger partial charge on any atom is 0.255 e. The highest BCUT2D eigenvalue weighted by Crippen LogP contribution is 2.24. The number of aromatic nitrogens is 1. The van der Waals surface area contributed by atoms with Gasteiger partial charge >= 0.3 is 0 Å². The van der Waals surface area contributed by atoms with Crippen molar-refractivity contribution in [2.24, 2.45) is 0 Å². The molecule has 5 heteroatoms. The van der Waals surface area contributed by atoms with E-state index in [0.29, 0.717) is 16.4 Å². The Morgan fingerprint density at radius 3 is 2.68 bits per heavy atom. The average molecular weight is 340 g/mol. The van der Waals surface area contributed by atoms with Crippen molar-refractivity contribution >= 4 is 39.1 Å². The number of benzene rings is 1. The number of amides is 1. The molecule has 0 atom stereocenters. The van der Waals surface area contributed by atoms with Crippen LogP contribution in [0.2, 0.25) is 5.15 Å². The number of nitrogens with zero attached hydrogens (tertiary/aromatic N) is 1. The summed E-state index contributed by atoms with van der Waals surface area (Å²) in [6.07, 6.45) is 0. The molecular formula is C14H12BrClN2O. The summed E-state index contributed by atoms with van der Waals surface area (Å²) in [5, 5.41) is 3.16. The summed E-state index contributed by atoms with van der Waals surface area (Å²) in [4.78, 5) is 16.2. The van der Waals surface area contributed by atoms with E-state index in [1.54, 1.807) is 19.1 Å². The Morgan fingerprint density at radius 2 is 2.00 bits per heavy atom. The SMILES string of the molecule is Cc1ccc(Br)c(NC(=O)c2cc(C)nc(Cl)c2)c1. The predicted octanol–water partition coefficient (Wildman–Crippen LogP) is 4.37. The lowest BCUT2D eigenvalue weighted by molar-refractivity contribution is 0.102. The van der Waals surface area contributed by atoms with Gasteiger partial charge in [-0.15, -0.1) is 0 Å². The molecule has 3 nitrogen and oxygen atoms in total. The van der Waals surface area contributed by atoms with Gasteiger partial charge in [0.2, 0.25) is 0 Å². The molecule has 1 N–H and O–H groups in total. The van der Waals surface area contributed by atoms with E-state index in [2.05, 4.69) is 26.2 Å². The summed E-state index contributed by atoms with van der Waals surface area (Å²) < 4.78 is 0.836. The molecule has 0 fully saturated rings. The van der Waals surface area contributed by atoms with Gasteiger partial charge in [-0.25, -0.2) is 4.98 Å². The lowest BCUT2D eigenvalue weighted by Gasteiger charge is -2.09. The molecule has 0 aliphatic rings. The van der Waals surface area contributed by atoms with E-state index in [1.807, 2.05) is 25.1 Å². The minimum absolute atomic E-state index is 0.210. The van der Waals surface area contributed by atoms with Gasteiger partial charge in [0.25, 0.3) is 5.91 Å². The third-order valence-corrected chi connectivity index (χ3v) is 3.44. The van der Waals surface area contributed by atoms with Crippen LogP contribution in [0.1, 0.15) is 21.6 Å². The van der Waals surface area contributed by atoms with Crippen molar-refractivity contribution in [1.29, 1.82) is 0 Å². The highest BCUT2D eigenvalue weighted by molar-refractivity contribution is 9.10. The van der Waals surface area contributed by atoms with Crippen LogP contribution < -0.4 is 5.32 Å². The van der Waals surface area contributed by atoms with Crippen molar-refractivity contribution in [1.82, 2.24) is 4.98 Å². The summed E-state index contributed by atoms with van der Waals surface area (Å²) in [7, 11) is 0. The fourth-order valence-corrected chi connectivity index (χ4v) is 2.29. The van der Waals surface area contributed by atoms with Crippen molar-refractivity contribution in [3.63, 3.8) is 0 Å². The summed E-state index contributed by atoms with van der Waals surface area (Å²) >= 11 is 9.26. The van der Waals surface area contributed by atoms with Crippen molar-refractivity contribution < 1.29 is 4.79 Å². The molecule has 0 spiro atoms. The molecule has 1 aromatic heterocycles. The van der Waals surface area contributed by atoms with Gasteiger partial charge in [0.1, 0.15) is 5.15 Å². The molecule has 0 radical (unpaired) electrons. The fourth-order valence-electron chi connectivity index (χ4n) is 1.69. The van der Waals surface area contributed by atoms with E-state index in [9.17, 15) is 4.79 Å². The van der Waals surface area contributed by atoms with Gasteiger partial charge in [0.15, 0.2) is 0 Å². The number of rotatable bonds is 2. The number of carbonyl (C=O) groups is 1. The lowest BCUT2D eigenvalue weighted by Crippen LogP contribution is -2.13. The molecule has 2 aromatic rings. The highest BCUT2D eigenvalue weighted by atomic mass is 79.9. The van der Waals surface area contributed by atoms with Gasteiger partial charge in [-0.2, -0.15) is 0 Å². The first kappa shape index (κ1) is 14.0. The zero-order valence-electron chi connectivity index (χ0n) is 10.5. The number of nitrogens with one attached hydrogen (secondary N) is 1. The van der Waals surface area contributed by atoms with Crippen LogP contribution in [-0.4, -0.2) is 10.9 Å². The van der Waals surface area contributed by atoms with Crippen LogP contribution in [0.25, 0.3) is 0 Å². The number of pyridine rings is 1. The zero-order valence-corrected chi connectivity index (χ0v) is 12.8. The first-order valence-electron chi connectivity index (χ1n) is 5.67. The predicted molar refractivity (Wildman–Crippen MR) is 80.8 cm³/mol. The van der Waals surface area contributed by atoms with Crippen LogP contribution in [0.5, 0.6) is 0 Å². The van der Waals surface area contributed by atoms with Crippen molar-refractivity contribution in [2.45, 2.75) is 13.8 Å². The Bertz CT molecular complexity index is 623. The second-order valence-electron chi connectivity index (χ2n) is 4.26. The van der Waals surface area contributed by atoms with E-state index in [-0.39, 0.29) is 5.91 Å². The molecule has 1 aromatic carbocycles. The number of halogens is 2. The molecule has 98 valence electrons. The van der Waals surface area contributed by atoms with E-state index in [0.717, 1.165) is 15.7 Å². The molecule has 2 rings (SSSR count). The Balaban J connectivity index is 2.28. The van der Waals surface area contributed by atoms with E-state index < -0.39 is 0 Å². The maximum atomic E-state index is 12.2. The number of anilines is 1. The highest BCUT2D eigenvalue weighted by Gasteiger charge is 2.10. The second kappa shape index (κ2) is 5.72. The summed E-state index contributed by atoms with van der Waals surface area (Å²) in [5.74, 6) is -0.210. The summed E-state index contributed by atoms with van der Waals surface area (Å²) in [6, 6.07) is 9.01.